The number of ether oxygens (including phenoxy) is 1. The van der Waals surface area contributed by atoms with Crippen molar-refractivity contribution in [1.82, 2.24) is 4.57 Å². The van der Waals surface area contributed by atoms with Crippen LogP contribution in [0.25, 0.3) is 10.8 Å². The monoisotopic (exact) mass is 217 g/mol. The van der Waals surface area contributed by atoms with Crippen LogP contribution in [0.4, 0.5) is 0 Å². The summed E-state index contributed by atoms with van der Waals surface area (Å²) in [5.74, 6) is 0.720. The van der Waals surface area contributed by atoms with Crippen molar-refractivity contribution in [3.8, 4) is 5.75 Å². The van der Waals surface area contributed by atoms with Crippen molar-refractivity contribution in [2.45, 2.75) is 20.4 Å². The number of rotatable bonds is 2. The highest BCUT2D eigenvalue weighted by atomic mass is 16.5. The van der Waals surface area contributed by atoms with E-state index in [1.807, 2.05) is 32.2 Å². The summed E-state index contributed by atoms with van der Waals surface area (Å²) in [4.78, 5) is 12.1. The van der Waals surface area contributed by atoms with Gasteiger partial charge in [-0.2, -0.15) is 0 Å². The molecule has 1 heterocycles. The Morgan fingerprint density at radius 3 is 2.69 bits per heavy atom. The minimum Gasteiger partial charge on any atom is -0.497 e. The quantitative estimate of drug-likeness (QED) is 0.773. The third-order valence-electron chi connectivity index (χ3n) is 2.83. The topological polar surface area (TPSA) is 31.2 Å². The standard InChI is InChI=1S/C13H15NO2/c1-4-14-8-9(2)11-6-5-10(16-3)7-12(11)13(14)15/h5-8H,4H2,1-3H3. The molecule has 1 aromatic heterocycles. The van der Waals surface area contributed by atoms with Gasteiger partial charge in [0.25, 0.3) is 5.56 Å². The maximum atomic E-state index is 12.1. The van der Waals surface area contributed by atoms with Crippen LogP contribution in [0, 0.1) is 6.92 Å². The van der Waals surface area contributed by atoms with E-state index in [0.717, 1.165) is 22.1 Å². The van der Waals surface area contributed by atoms with Gasteiger partial charge in [-0.05, 0) is 36.9 Å². The zero-order valence-electron chi connectivity index (χ0n) is 9.78. The van der Waals surface area contributed by atoms with Gasteiger partial charge < -0.3 is 9.30 Å². The molecule has 0 unspecified atom stereocenters. The normalized spacial score (nSPS) is 10.7. The highest BCUT2D eigenvalue weighted by Gasteiger charge is 2.06. The second kappa shape index (κ2) is 4.00. The summed E-state index contributed by atoms with van der Waals surface area (Å²) < 4.78 is 6.86. The first-order valence-electron chi connectivity index (χ1n) is 5.35. The molecule has 0 fully saturated rings. The van der Waals surface area contributed by atoms with E-state index in [4.69, 9.17) is 4.74 Å². The summed E-state index contributed by atoms with van der Waals surface area (Å²) in [5.41, 5.74) is 1.15. The van der Waals surface area contributed by atoms with E-state index in [2.05, 4.69) is 0 Å². The molecule has 3 nitrogen and oxygen atoms in total. The molecule has 0 atom stereocenters. The molecular formula is C13H15NO2. The van der Waals surface area contributed by atoms with Crippen molar-refractivity contribution in [2.75, 3.05) is 7.11 Å². The molecule has 1 aromatic carbocycles. The predicted molar refractivity (Wildman–Crippen MR) is 65.2 cm³/mol. The van der Waals surface area contributed by atoms with Gasteiger partial charge >= 0.3 is 0 Å². The zero-order valence-corrected chi connectivity index (χ0v) is 9.78. The smallest absolute Gasteiger partial charge is 0.258 e. The number of benzene rings is 1. The first kappa shape index (κ1) is 10.7. The van der Waals surface area contributed by atoms with Gasteiger partial charge in [-0.15, -0.1) is 0 Å². The van der Waals surface area contributed by atoms with Gasteiger partial charge in [0.05, 0.1) is 12.5 Å². The van der Waals surface area contributed by atoms with Crippen LogP contribution in [0.1, 0.15) is 12.5 Å². The van der Waals surface area contributed by atoms with Crippen LogP contribution >= 0.6 is 0 Å². The summed E-state index contributed by atoms with van der Waals surface area (Å²) >= 11 is 0. The molecule has 0 saturated heterocycles. The molecule has 0 amide bonds. The second-order valence-corrected chi connectivity index (χ2v) is 3.81. The van der Waals surface area contributed by atoms with E-state index in [1.165, 1.54) is 0 Å². The third-order valence-corrected chi connectivity index (χ3v) is 2.83. The zero-order chi connectivity index (χ0) is 11.7. The first-order chi connectivity index (χ1) is 7.67. The Balaban J connectivity index is 2.86. The van der Waals surface area contributed by atoms with Crippen LogP contribution in [-0.2, 0) is 6.54 Å². The first-order valence-corrected chi connectivity index (χ1v) is 5.35. The summed E-state index contributed by atoms with van der Waals surface area (Å²) in [6.45, 7) is 4.67. The molecule has 0 aliphatic heterocycles. The van der Waals surface area contributed by atoms with Gasteiger partial charge in [0.1, 0.15) is 5.75 Å². The van der Waals surface area contributed by atoms with Crippen molar-refractivity contribution in [3.05, 3.63) is 40.3 Å². The largest absolute Gasteiger partial charge is 0.497 e. The molecule has 0 aliphatic rings. The van der Waals surface area contributed by atoms with Crippen LogP contribution in [0.2, 0.25) is 0 Å². The lowest BCUT2D eigenvalue weighted by Crippen LogP contribution is -2.19. The fourth-order valence-corrected chi connectivity index (χ4v) is 1.92. The SMILES string of the molecule is CCn1cc(C)c2ccc(OC)cc2c1=O. The minimum absolute atomic E-state index is 0.0435. The number of nitrogens with zero attached hydrogens (tertiary/aromatic N) is 1. The Morgan fingerprint density at radius 2 is 2.06 bits per heavy atom. The predicted octanol–water partition coefficient (Wildman–Crippen LogP) is 2.34. The molecule has 2 aromatic rings. The highest BCUT2D eigenvalue weighted by Crippen LogP contribution is 2.20. The number of methoxy groups -OCH3 is 1. The molecule has 84 valence electrons. The number of fused-ring (bicyclic) bond motifs is 1. The molecule has 2 rings (SSSR count). The summed E-state index contributed by atoms with van der Waals surface area (Å²) in [6.07, 6.45) is 1.90. The van der Waals surface area contributed by atoms with Crippen LogP contribution in [0.3, 0.4) is 0 Å². The third kappa shape index (κ3) is 1.58. The summed E-state index contributed by atoms with van der Waals surface area (Å²) in [6, 6.07) is 5.62. The summed E-state index contributed by atoms with van der Waals surface area (Å²) in [5, 5.41) is 1.72. The Hall–Kier alpha value is -1.77. The van der Waals surface area contributed by atoms with Crippen molar-refractivity contribution in [2.24, 2.45) is 0 Å². The molecule has 0 saturated carbocycles. The van der Waals surface area contributed by atoms with E-state index in [0.29, 0.717) is 6.54 Å². The van der Waals surface area contributed by atoms with Gasteiger partial charge in [0.15, 0.2) is 0 Å². The van der Waals surface area contributed by atoms with Gasteiger partial charge in [-0.3, -0.25) is 4.79 Å². The maximum absolute atomic E-state index is 12.1. The lowest BCUT2D eigenvalue weighted by Gasteiger charge is -2.08. The van der Waals surface area contributed by atoms with E-state index < -0.39 is 0 Å². The van der Waals surface area contributed by atoms with E-state index in [-0.39, 0.29) is 5.56 Å². The van der Waals surface area contributed by atoms with Crippen molar-refractivity contribution in [1.29, 1.82) is 0 Å². The lowest BCUT2D eigenvalue weighted by atomic mass is 10.1. The maximum Gasteiger partial charge on any atom is 0.258 e. The average molecular weight is 217 g/mol. The number of hydrogen-bond donors (Lipinski definition) is 0. The fraction of sp³-hybridized carbons (Fsp3) is 0.308. The van der Waals surface area contributed by atoms with Crippen LogP contribution < -0.4 is 10.3 Å². The van der Waals surface area contributed by atoms with Crippen molar-refractivity contribution < 1.29 is 4.74 Å². The summed E-state index contributed by atoms with van der Waals surface area (Å²) in [7, 11) is 1.61. The Bertz CT molecular complexity index is 584. The van der Waals surface area contributed by atoms with Gasteiger partial charge in [-0.1, -0.05) is 6.07 Å². The fourth-order valence-electron chi connectivity index (χ4n) is 1.92. The molecule has 0 radical (unpaired) electrons. The van der Waals surface area contributed by atoms with Crippen molar-refractivity contribution in [3.63, 3.8) is 0 Å². The second-order valence-electron chi connectivity index (χ2n) is 3.81. The molecule has 3 heteroatoms. The van der Waals surface area contributed by atoms with E-state index in [1.54, 1.807) is 17.7 Å². The molecular weight excluding hydrogens is 202 g/mol. The van der Waals surface area contributed by atoms with Crippen LogP contribution in [0.15, 0.2) is 29.2 Å². The Kier molecular flexibility index (Phi) is 2.69. The van der Waals surface area contributed by atoms with Crippen LogP contribution in [0.5, 0.6) is 5.75 Å². The van der Waals surface area contributed by atoms with E-state index in [9.17, 15) is 4.79 Å². The number of aromatic nitrogens is 1. The number of hydrogen-bond acceptors (Lipinski definition) is 2. The molecule has 0 spiro atoms. The Morgan fingerprint density at radius 1 is 1.31 bits per heavy atom. The molecule has 0 bridgehead atoms. The number of aryl methyl sites for hydroxylation is 2. The van der Waals surface area contributed by atoms with Gasteiger partial charge in [0, 0.05) is 12.7 Å². The Labute approximate surface area is 94.3 Å². The molecule has 16 heavy (non-hydrogen) atoms. The number of pyridine rings is 1. The lowest BCUT2D eigenvalue weighted by molar-refractivity contribution is 0.415. The van der Waals surface area contributed by atoms with Gasteiger partial charge in [-0.25, -0.2) is 0 Å². The molecule has 0 aliphatic carbocycles. The average Bonchev–Trinajstić information content (AvgIpc) is 2.33. The molecule has 0 N–H and O–H groups in total. The highest BCUT2D eigenvalue weighted by molar-refractivity contribution is 5.85. The minimum atomic E-state index is 0.0435. The van der Waals surface area contributed by atoms with Gasteiger partial charge in [0.2, 0.25) is 0 Å². The van der Waals surface area contributed by atoms with E-state index >= 15 is 0 Å². The van der Waals surface area contributed by atoms with Crippen LogP contribution in [-0.4, -0.2) is 11.7 Å². The van der Waals surface area contributed by atoms with Crippen molar-refractivity contribution >= 4 is 10.8 Å².